The Morgan fingerprint density at radius 2 is 2.12 bits per heavy atom. The van der Waals surface area contributed by atoms with Crippen molar-refractivity contribution in [3.63, 3.8) is 0 Å². The van der Waals surface area contributed by atoms with Crippen LogP contribution in [0.15, 0.2) is 23.1 Å². The van der Waals surface area contributed by atoms with Gasteiger partial charge in [0.15, 0.2) is 0 Å². The summed E-state index contributed by atoms with van der Waals surface area (Å²) >= 11 is 1.50. The first-order valence-electron chi connectivity index (χ1n) is 5.54. The van der Waals surface area contributed by atoms with Crippen molar-refractivity contribution in [2.24, 2.45) is 5.92 Å². The Labute approximate surface area is 100 Å². The molecule has 1 N–H and O–H groups in total. The van der Waals surface area contributed by atoms with E-state index in [1.807, 2.05) is 19.1 Å². The second-order valence-corrected chi connectivity index (χ2v) is 5.67. The van der Waals surface area contributed by atoms with Crippen molar-refractivity contribution in [3.05, 3.63) is 29.3 Å². The number of aryl methyl sites for hydroxylation is 2. The van der Waals surface area contributed by atoms with Crippen LogP contribution in [-0.2, 0) is 4.79 Å². The van der Waals surface area contributed by atoms with Crippen LogP contribution in [-0.4, -0.2) is 16.3 Å². The van der Waals surface area contributed by atoms with E-state index < -0.39 is 5.97 Å². The number of rotatable bonds is 4. The number of aliphatic carboxylic acids is 1. The second kappa shape index (κ2) is 4.50. The minimum atomic E-state index is -0.674. The Balaban J connectivity index is 2.15. The van der Waals surface area contributed by atoms with Crippen LogP contribution in [0.25, 0.3) is 0 Å². The normalized spacial score (nSPS) is 17.1. The van der Waals surface area contributed by atoms with E-state index >= 15 is 0 Å². The summed E-state index contributed by atoms with van der Waals surface area (Å²) in [6.45, 7) is 4.10. The average Bonchev–Trinajstić information content (AvgIpc) is 2.99. The number of hydrogen-bond donors (Lipinski definition) is 1. The van der Waals surface area contributed by atoms with Crippen LogP contribution < -0.4 is 0 Å². The zero-order valence-electron chi connectivity index (χ0n) is 9.56. The molecule has 1 atom stereocenters. The van der Waals surface area contributed by atoms with Gasteiger partial charge in [0.25, 0.3) is 0 Å². The van der Waals surface area contributed by atoms with Gasteiger partial charge in [-0.25, -0.2) is 0 Å². The summed E-state index contributed by atoms with van der Waals surface area (Å²) in [5, 5.41) is 8.91. The van der Waals surface area contributed by atoms with E-state index in [1.54, 1.807) is 0 Å². The number of hydrogen-bond acceptors (Lipinski definition) is 2. The van der Waals surface area contributed by atoms with Gasteiger partial charge in [-0.15, -0.1) is 11.8 Å². The van der Waals surface area contributed by atoms with Gasteiger partial charge in [-0.3, -0.25) is 4.79 Å². The zero-order chi connectivity index (χ0) is 11.7. The predicted octanol–water partition coefficient (Wildman–Crippen LogP) is 3.26. The molecule has 3 heteroatoms. The smallest absolute Gasteiger partial charge is 0.317 e. The first kappa shape index (κ1) is 11.5. The van der Waals surface area contributed by atoms with E-state index in [0.29, 0.717) is 5.92 Å². The molecule has 1 aliphatic carbocycles. The fourth-order valence-electron chi connectivity index (χ4n) is 1.82. The molecule has 2 nitrogen and oxygen atoms in total. The molecule has 0 radical (unpaired) electrons. The number of carboxylic acid groups (broad SMARTS) is 1. The Morgan fingerprint density at radius 1 is 1.44 bits per heavy atom. The van der Waals surface area contributed by atoms with Gasteiger partial charge >= 0.3 is 5.97 Å². The third-order valence-electron chi connectivity index (χ3n) is 2.88. The SMILES string of the molecule is Cc1ccc(SC(C(=O)O)C2CC2)c(C)c1. The monoisotopic (exact) mass is 236 g/mol. The number of thioether (sulfide) groups is 1. The molecule has 1 aromatic carbocycles. The van der Waals surface area contributed by atoms with E-state index in [9.17, 15) is 4.79 Å². The third kappa shape index (κ3) is 2.59. The first-order chi connectivity index (χ1) is 7.58. The Kier molecular flexibility index (Phi) is 3.24. The van der Waals surface area contributed by atoms with E-state index in [2.05, 4.69) is 13.0 Å². The summed E-state index contributed by atoms with van der Waals surface area (Å²) in [5.41, 5.74) is 2.40. The first-order valence-corrected chi connectivity index (χ1v) is 6.42. The third-order valence-corrected chi connectivity index (χ3v) is 4.43. The van der Waals surface area contributed by atoms with Crippen LogP contribution in [0.5, 0.6) is 0 Å². The number of benzene rings is 1. The van der Waals surface area contributed by atoms with Crippen LogP contribution >= 0.6 is 11.8 Å². The summed E-state index contributed by atoms with van der Waals surface area (Å²) in [5.74, 6) is -0.296. The van der Waals surface area contributed by atoms with Gasteiger partial charge in [-0.05, 0) is 44.2 Å². The van der Waals surface area contributed by atoms with Crippen molar-refractivity contribution in [3.8, 4) is 0 Å². The fourth-order valence-corrected chi connectivity index (χ4v) is 3.05. The maximum absolute atomic E-state index is 11.1. The maximum atomic E-state index is 11.1. The van der Waals surface area contributed by atoms with Gasteiger partial charge in [0.1, 0.15) is 5.25 Å². The standard InChI is InChI=1S/C13H16O2S/c1-8-3-6-11(9(2)7-8)16-12(13(14)15)10-4-5-10/h3,6-7,10,12H,4-5H2,1-2H3,(H,14,15). The lowest BCUT2D eigenvalue weighted by molar-refractivity contribution is -0.136. The lowest BCUT2D eigenvalue weighted by Crippen LogP contribution is -2.18. The Hall–Kier alpha value is -0.960. The van der Waals surface area contributed by atoms with Gasteiger partial charge in [-0.1, -0.05) is 17.7 Å². The van der Waals surface area contributed by atoms with Gasteiger partial charge in [0, 0.05) is 4.90 Å². The van der Waals surface area contributed by atoms with E-state index in [-0.39, 0.29) is 5.25 Å². The largest absolute Gasteiger partial charge is 0.480 e. The summed E-state index contributed by atoms with van der Waals surface area (Å²) in [4.78, 5) is 12.2. The molecular formula is C13H16O2S. The molecule has 2 rings (SSSR count). The molecular weight excluding hydrogens is 220 g/mol. The second-order valence-electron chi connectivity index (χ2n) is 4.48. The predicted molar refractivity (Wildman–Crippen MR) is 65.9 cm³/mol. The molecule has 1 fully saturated rings. The maximum Gasteiger partial charge on any atom is 0.317 e. The lowest BCUT2D eigenvalue weighted by atomic mass is 10.2. The zero-order valence-corrected chi connectivity index (χ0v) is 10.4. The quantitative estimate of drug-likeness (QED) is 0.815. The molecule has 0 bridgehead atoms. The van der Waals surface area contributed by atoms with Crippen LogP contribution in [0.1, 0.15) is 24.0 Å². The Morgan fingerprint density at radius 3 is 2.62 bits per heavy atom. The minimum Gasteiger partial charge on any atom is -0.480 e. The van der Waals surface area contributed by atoms with Crippen LogP contribution in [0.2, 0.25) is 0 Å². The molecule has 0 saturated heterocycles. The van der Waals surface area contributed by atoms with Crippen LogP contribution in [0, 0.1) is 19.8 Å². The van der Waals surface area contributed by atoms with Gasteiger partial charge in [-0.2, -0.15) is 0 Å². The van der Waals surface area contributed by atoms with Crippen molar-refractivity contribution >= 4 is 17.7 Å². The molecule has 0 aromatic heterocycles. The highest BCUT2D eigenvalue weighted by Crippen LogP contribution is 2.42. The molecule has 1 saturated carbocycles. The molecule has 1 aromatic rings. The highest BCUT2D eigenvalue weighted by molar-refractivity contribution is 8.00. The molecule has 1 unspecified atom stereocenters. The lowest BCUT2D eigenvalue weighted by Gasteiger charge is -2.13. The van der Waals surface area contributed by atoms with E-state index in [1.165, 1.54) is 22.9 Å². The molecule has 1 aliphatic rings. The highest BCUT2D eigenvalue weighted by Gasteiger charge is 2.37. The van der Waals surface area contributed by atoms with E-state index in [4.69, 9.17) is 5.11 Å². The van der Waals surface area contributed by atoms with Gasteiger partial charge in [0.2, 0.25) is 0 Å². The molecule has 16 heavy (non-hydrogen) atoms. The van der Waals surface area contributed by atoms with Crippen molar-refractivity contribution in [1.82, 2.24) is 0 Å². The summed E-state index contributed by atoms with van der Waals surface area (Å²) < 4.78 is 0. The molecule has 0 aliphatic heterocycles. The molecule has 0 amide bonds. The Bertz CT molecular complexity index is 410. The number of carbonyl (C=O) groups is 1. The summed E-state index contributed by atoms with van der Waals surface area (Å²) in [6.07, 6.45) is 2.13. The minimum absolute atomic E-state index is 0.263. The topological polar surface area (TPSA) is 37.3 Å². The van der Waals surface area contributed by atoms with Crippen LogP contribution in [0.3, 0.4) is 0 Å². The van der Waals surface area contributed by atoms with Gasteiger partial charge in [0.05, 0.1) is 0 Å². The summed E-state index contributed by atoms with van der Waals surface area (Å²) in [6, 6.07) is 6.18. The van der Waals surface area contributed by atoms with Crippen molar-refractivity contribution in [1.29, 1.82) is 0 Å². The fraction of sp³-hybridized carbons (Fsp3) is 0.462. The van der Waals surface area contributed by atoms with Crippen molar-refractivity contribution < 1.29 is 9.90 Å². The molecule has 0 heterocycles. The van der Waals surface area contributed by atoms with Crippen molar-refractivity contribution in [2.75, 3.05) is 0 Å². The molecule has 0 spiro atoms. The summed E-state index contributed by atoms with van der Waals surface area (Å²) in [7, 11) is 0. The van der Waals surface area contributed by atoms with Gasteiger partial charge < -0.3 is 5.11 Å². The van der Waals surface area contributed by atoms with Crippen molar-refractivity contribution in [2.45, 2.75) is 36.8 Å². The van der Waals surface area contributed by atoms with Crippen LogP contribution in [0.4, 0.5) is 0 Å². The highest BCUT2D eigenvalue weighted by atomic mass is 32.2. The average molecular weight is 236 g/mol. The molecule has 86 valence electrons. The number of carboxylic acids is 1. The van der Waals surface area contributed by atoms with E-state index in [0.717, 1.165) is 17.7 Å².